The van der Waals surface area contributed by atoms with Crippen LogP contribution in [0.1, 0.15) is 10.6 Å². The van der Waals surface area contributed by atoms with E-state index in [0.29, 0.717) is 5.02 Å². The number of aromatic carboxylic acids is 1. The molecule has 2 aromatic rings. The summed E-state index contributed by atoms with van der Waals surface area (Å²) in [7, 11) is -4.07. The van der Waals surface area contributed by atoms with Gasteiger partial charge >= 0.3 is 5.97 Å². The number of anilines is 1. The predicted octanol–water partition coefficient (Wildman–Crippen LogP) is 3.09. The van der Waals surface area contributed by atoms with Crippen molar-refractivity contribution < 1.29 is 22.7 Å². The zero-order valence-electron chi connectivity index (χ0n) is 9.63. The van der Waals surface area contributed by atoms with E-state index in [-0.39, 0.29) is 10.7 Å². The van der Waals surface area contributed by atoms with Gasteiger partial charge < -0.3 is 9.52 Å². The van der Waals surface area contributed by atoms with Crippen LogP contribution in [0.15, 0.2) is 39.8 Å². The number of carboxylic acids is 1. The Morgan fingerprint density at radius 1 is 1.20 bits per heavy atom. The Kier molecular flexibility index (Phi) is 3.94. The lowest BCUT2D eigenvalue weighted by atomic mass is 10.3. The van der Waals surface area contributed by atoms with Gasteiger partial charge in [-0.2, -0.15) is 8.42 Å². The van der Waals surface area contributed by atoms with E-state index in [1.54, 1.807) is 0 Å². The predicted molar refractivity (Wildman–Crippen MR) is 72.9 cm³/mol. The highest BCUT2D eigenvalue weighted by molar-refractivity contribution is 7.92. The van der Waals surface area contributed by atoms with Crippen molar-refractivity contribution in [2.24, 2.45) is 0 Å². The molecular formula is C11H7Cl2NO5S. The van der Waals surface area contributed by atoms with E-state index in [4.69, 9.17) is 32.7 Å². The molecular weight excluding hydrogens is 329 g/mol. The van der Waals surface area contributed by atoms with Crippen LogP contribution in [-0.4, -0.2) is 19.5 Å². The van der Waals surface area contributed by atoms with Crippen LogP contribution in [0.4, 0.5) is 5.69 Å². The van der Waals surface area contributed by atoms with Crippen molar-refractivity contribution in [3.63, 3.8) is 0 Å². The summed E-state index contributed by atoms with van der Waals surface area (Å²) in [6, 6.07) is 6.28. The van der Waals surface area contributed by atoms with E-state index in [0.717, 1.165) is 12.1 Å². The van der Waals surface area contributed by atoms with E-state index in [9.17, 15) is 13.2 Å². The summed E-state index contributed by atoms with van der Waals surface area (Å²) in [4.78, 5) is 10.6. The summed E-state index contributed by atoms with van der Waals surface area (Å²) < 4.78 is 30.9. The number of halogens is 2. The number of hydrogen-bond acceptors (Lipinski definition) is 4. The molecule has 0 spiro atoms. The van der Waals surface area contributed by atoms with Gasteiger partial charge in [0.2, 0.25) is 10.9 Å². The van der Waals surface area contributed by atoms with Crippen LogP contribution in [0.25, 0.3) is 0 Å². The van der Waals surface area contributed by atoms with Gasteiger partial charge in [0.25, 0.3) is 10.0 Å². The van der Waals surface area contributed by atoms with E-state index in [1.807, 2.05) is 0 Å². The van der Waals surface area contributed by atoms with E-state index in [2.05, 4.69) is 4.72 Å². The normalized spacial score (nSPS) is 11.3. The lowest BCUT2D eigenvalue weighted by Gasteiger charge is -2.07. The third-order valence-corrected chi connectivity index (χ3v) is 4.02. The van der Waals surface area contributed by atoms with Crippen LogP contribution >= 0.6 is 23.2 Å². The Morgan fingerprint density at radius 2 is 1.90 bits per heavy atom. The van der Waals surface area contributed by atoms with Crippen molar-refractivity contribution in [2.75, 3.05) is 4.72 Å². The molecule has 2 N–H and O–H groups in total. The highest BCUT2D eigenvalue weighted by atomic mass is 35.5. The molecule has 6 nitrogen and oxygen atoms in total. The standard InChI is InChI=1S/C11H7Cl2NO5S/c12-6-1-2-8(7(13)5-6)14-20(17,18)10-4-3-9(19-10)11(15)16/h1-5,14H,(H,15,16). The van der Waals surface area contributed by atoms with Crippen molar-refractivity contribution in [3.05, 3.63) is 46.1 Å². The first-order valence-corrected chi connectivity index (χ1v) is 7.34. The summed E-state index contributed by atoms with van der Waals surface area (Å²) in [5, 5.41) is 8.61. The first-order chi connectivity index (χ1) is 9.29. The smallest absolute Gasteiger partial charge is 0.371 e. The number of rotatable bonds is 4. The molecule has 0 bridgehead atoms. The second-order valence-corrected chi connectivity index (χ2v) is 6.11. The first kappa shape index (κ1) is 14.7. The maximum atomic E-state index is 12.0. The summed E-state index contributed by atoms with van der Waals surface area (Å²) in [5.74, 6) is -1.84. The zero-order valence-corrected chi connectivity index (χ0v) is 12.0. The molecule has 0 aliphatic rings. The molecule has 9 heteroatoms. The van der Waals surface area contributed by atoms with Crippen LogP contribution < -0.4 is 4.72 Å². The van der Waals surface area contributed by atoms with E-state index < -0.39 is 26.8 Å². The summed E-state index contributed by atoms with van der Waals surface area (Å²) in [6.07, 6.45) is 0. The number of benzene rings is 1. The third-order valence-electron chi connectivity index (χ3n) is 2.23. The molecule has 1 aromatic heterocycles. The molecule has 0 unspecified atom stereocenters. The molecule has 0 saturated heterocycles. The number of nitrogens with one attached hydrogen (secondary N) is 1. The Bertz CT molecular complexity index is 769. The summed E-state index contributed by atoms with van der Waals surface area (Å²) in [5.41, 5.74) is 0.101. The van der Waals surface area contributed by atoms with Gasteiger partial charge in [-0.25, -0.2) is 4.79 Å². The molecule has 0 amide bonds. The molecule has 1 aromatic carbocycles. The molecule has 20 heavy (non-hydrogen) atoms. The van der Waals surface area contributed by atoms with Gasteiger partial charge in [-0.3, -0.25) is 4.72 Å². The van der Waals surface area contributed by atoms with Crippen molar-refractivity contribution in [3.8, 4) is 0 Å². The second-order valence-electron chi connectivity index (χ2n) is 3.65. The Morgan fingerprint density at radius 3 is 2.45 bits per heavy atom. The summed E-state index contributed by atoms with van der Waals surface area (Å²) in [6.45, 7) is 0. The van der Waals surface area contributed by atoms with Crippen molar-refractivity contribution in [2.45, 2.75) is 5.09 Å². The molecule has 0 aliphatic carbocycles. The van der Waals surface area contributed by atoms with Gasteiger partial charge in [0, 0.05) is 5.02 Å². The van der Waals surface area contributed by atoms with E-state index >= 15 is 0 Å². The van der Waals surface area contributed by atoms with Gasteiger partial charge in [-0.1, -0.05) is 23.2 Å². The molecule has 0 radical (unpaired) electrons. The average molecular weight is 336 g/mol. The van der Waals surface area contributed by atoms with Gasteiger partial charge in [-0.15, -0.1) is 0 Å². The second kappa shape index (κ2) is 5.35. The lowest BCUT2D eigenvalue weighted by molar-refractivity contribution is 0.0656. The highest BCUT2D eigenvalue weighted by Gasteiger charge is 2.22. The largest absolute Gasteiger partial charge is 0.475 e. The van der Waals surface area contributed by atoms with Crippen LogP contribution in [0, 0.1) is 0 Å². The maximum Gasteiger partial charge on any atom is 0.371 e. The molecule has 0 atom stereocenters. The van der Waals surface area contributed by atoms with Crippen LogP contribution in [0.5, 0.6) is 0 Å². The molecule has 1 heterocycles. The Hall–Kier alpha value is -1.70. The van der Waals surface area contributed by atoms with Crippen LogP contribution in [-0.2, 0) is 10.0 Å². The van der Waals surface area contributed by atoms with Gasteiger partial charge in [0.1, 0.15) is 0 Å². The van der Waals surface area contributed by atoms with Crippen LogP contribution in [0.2, 0.25) is 10.0 Å². The number of carboxylic acid groups (broad SMARTS) is 1. The third kappa shape index (κ3) is 3.06. The Labute approximate surface area is 124 Å². The topological polar surface area (TPSA) is 96.6 Å². The minimum atomic E-state index is -4.07. The molecule has 0 saturated carbocycles. The van der Waals surface area contributed by atoms with Gasteiger partial charge in [-0.05, 0) is 30.3 Å². The van der Waals surface area contributed by atoms with Crippen molar-refractivity contribution >= 4 is 44.9 Å². The molecule has 2 rings (SSSR count). The lowest BCUT2D eigenvalue weighted by Crippen LogP contribution is -2.12. The number of carbonyl (C=O) groups is 1. The first-order valence-electron chi connectivity index (χ1n) is 5.10. The van der Waals surface area contributed by atoms with Crippen molar-refractivity contribution in [1.82, 2.24) is 0 Å². The SMILES string of the molecule is O=C(O)c1ccc(S(=O)(=O)Nc2ccc(Cl)cc2Cl)o1. The summed E-state index contributed by atoms with van der Waals surface area (Å²) >= 11 is 11.5. The fraction of sp³-hybridized carbons (Fsp3) is 0. The minimum Gasteiger partial charge on any atom is -0.475 e. The fourth-order valence-electron chi connectivity index (χ4n) is 1.35. The fourth-order valence-corrected chi connectivity index (χ4v) is 2.87. The molecule has 106 valence electrons. The molecule has 0 fully saturated rings. The average Bonchev–Trinajstić information content (AvgIpc) is 2.83. The number of sulfonamides is 1. The van der Waals surface area contributed by atoms with E-state index in [1.165, 1.54) is 18.2 Å². The number of furan rings is 1. The molecule has 0 aliphatic heterocycles. The quantitative estimate of drug-likeness (QED) is 0.894. The number of hydrogen-bond donors (Lipinski definition) is 2. The van der Waals surface area contributed by atoms with Gasteiger partial charge in [0.05, 0.1) is 10.7 Å². The highest BCUT2D eigenvalue weighted by Crippen LogP contribution is 2.28. The monoisotopic (exact) mass is 335 g/mol. The van der Waals surface area contributed by atoms with Crippen molar-refractivity contribution in [1.29, 1.82) is 0 Å². The van der Waals surface area contributed by atoms with Crippen LogP contribution in [0.3, 0.4) is 0 Å². The van der Waals surface area contributed by atoms with Gasteiger partial charge in [0.15, 0.2) is 0 Å². The minimum absolute atomic E-state index is 0.101. The Balaban J connectivity index is 2.33. The maximum absolute atomic E-state index is 12.0. The zero-order chi connectivity index (χ0) is 14.9.